The van der Waals surface area contributed by atoms with Crippen molar-refractivity contribution in [3.8, 4) is 45.2 Å². The third-order valence-corrected chi connectivity index (χ3v) is 8.12. The van der Waals surface area contributed by atoms with E-state index in [-0.39, 0.29) is 0 Å². The molecule has 9 aromatic rings. The highest BCUT2D eigenvalue weighted by Gasteiger charge is 2.15. The Hall–Kier alpha value is -5.94. The van der Waals surface area contributed by atoms with Crippen LogP contribution in [-0.4, -0.2) is 10.2 Å². The molecule has 6 aromatic carbocycles. The van der Waals surface area contributed by atoms with Gasteiger partial charge in [0.2, 0.25) is 11.8 Å². The summed E-state index contributed by atoms with van der Waals surface area (Å²) in [6.07, 6.45) is 0. The summed E-state index contributed by atoms with van der Waals surface area (Å²) in [5.41, 5.74) is 9.47. The van der Waals surface area contributed by atoms with Gasteiger partial charge in [0.15, 0.2) is 0 Å². The van der Waals surface area contributed by atoms with Crippen LogP contribution in [0, 0.1) is 0 Å². The van der Waals surface area contributed by atoms with Gasteiger partial charge < -0.3 is 13.3 Å². The van der Waals surface area contributed by atoms with Crippen LogP contribution in [0.2, 0.25) is 0 Å². The standard InChI is InChI=1S/C38H22N2O3/c1-3-13-33-29(7-1)31-11-5-9-27(35(31)41-33)23-15-19-25(20-16-23)37-39-40-38(43-37)26-21-17-24(18-22-26)28-10-6-12-32-30-8-2-4-14-34(30)42-36(28)32/h1-22H. The van der Waals surface area contributed by atoms with Gasteiger partial charge in [-0.15, -0.1) is 10.2 Å². The first kappa shape index (κ1) is 23.7. The number of nitrogens with zero attached hydrogens (tertiary/aromatic N) is 2. The zero-order valence-corrected chi connectivity index (χ0v) is 22.8. The summed E-state index contributed by atoms with van der Waals surface area (Å²) < 4.78 is 18.6. The summed E-state index contributed by atoms with van der Waals surface area (Å²) in [6, 6.07) is 45.0. The van der Waals surface area contributed by atoms with E-state index in [1.807, 2.05) is 60.7 Å². The monoisotopic (exact) mass is 554 g/mol. The fourth-order valence-electron chi connectivity index (χ4n) is 5.99. The van der Waals surface area contributed by atoms with Gasteiger partial charge in [0, 0.05) is 43.8 Å². The van der Waals surface area contributed by atoms with Crippen molar-refractivity contribution in [2.24, 2.45) is 0 Å². The Morgan fingerprint density at radius 2 is 0.721 bits per heavy atom. The molecule has 0 saturated carbocycles. The van der Waals surface area contributed by atoms with Crippen molar-refractivity contribution in [2.45, 2.75) is 0 Å². The minimum absolute atomic E-state index is 0.472. The molecule has 0 N–H and O–H groups in total. The fourth-order valence-corrected chi connectivity index (χ4v) is 5.99. The average molecular weight is 555 g/mol. The molecule has 0 bridgehead atoms. The Kier molecular flexibility index (Phi) is 5.13. The van der Waals surface area contributed by atoms with Gasteiger partial charge in [0.25, 0.3) is 0 Å². The van der Waals surface area contributed by atoms with Crippen LogP contribution < -0.4 is 0 Å². The lowest BCUT2D eigenvalue weighted by Crippen LogP contribution is -1.81. The fraction of sp³-hybridized carbons (Fsp3) is 0. The van der Waals surface area contributed by atoms with E-state index in [0.717, 1.165) is 77.3 Å². The normalized spacial score (nSPS) is 11.7. The molecule has 3 aromatic heterocycles. The molecule has 0 fully saturated rings. The molecule has 9 rings (SSSR count). The number of para-hydroxylation sites is 4. The maximum Gasteiger partial charge on any atom is 0.248 e. The van der Waals surface area contributed by atoms with E-state index < -0.39 is 0 Å². The summed E-state index contributed by atoms with van der Waals surface area (Å²) in [4.78, 5) is 0. The maximum absolute atomic E-state index is 6.23. The van der Waals surface area contributed by atoms with Gasteiger partial charge in [-0.05, 0) is 47.5 Å². The number of hydrogen-bond donors (Lipinski definition) is 0. The van der Waals surface area contributed by atoms with Crippen molar-refractivity contribution in [2.75, 3.05) is 0 Å². The van der Waals surface area contributed by atoms with Crippen LogP contribution in [0.4, 0.5) is 0 Å². The molecule has 0 amide bonds. The van der Waals surface area contributed by atoms with Crippen molar-refractivity contribution in [1.29, 1.82) is 0 Å². The van der Waals surface area contributed by atoms with Crippen molar-refractivity contribution in [3.63, 3.8) is 0 Å². The quantitative estimate of drug-likeness (QED) is 0.216. The summed E-state index contributed by atoms with van der Waals surface area (Å²) in [5, 5.41) is 13.1. The Morgan fingerprint density at radius 1 is 0.326 bits per heavy atom. The molecule has 0 radical (unpaired) electrons. The third-order valence-electron chi connectivity index (χ3n) is 8.12. The largest absolute Gasteiger partial charge is 0.455 e. The highest BCUT2D eigenvalue weighted by atomic mass is 16.4. The molecule has 0 spiro atoms. The molecule has 0 aliphatic rings. The predicted molar refractivity (Wildman–Crippen MR) is 171 cm³/mol. The molecule has 202 valence electrons. The van der Waals surface area contributed by atoms with Gasteiger partial charge in [-0.3, -0.25) is 0 Å². The highest BCUT2D eigenvalue weighted by molar-refractivity contribution is 6.10. The van der Waals surface area contributed by atoms with Gasteiger partial charge in [-0.2, -0.15) is 0 Å². The van der Waals surface area contributed by atoms with E-state index in [2.05, 4.69) is 83.0 Å². The SMILES string of the molecule is c1ccc2c(c1)oc1c(-c3ccc(-c4nnc(-c5ccc(-c6cccc7c6oc6ccccc67)cc5)o4)cc3)cccc12. The number of fused-ring (bicyclic) bond motifs is 6. The number of aromatic nitrogens is 2. The average Bonchev–Trinajstić information content (AvgIpc) is 3.81. The molecule has 0 saturated heterocycles. The maximum atomic E-state index is 6.23. The second-order valence-corrected chi connectivity index (χ2v) is 10.6. The summed E-state index contributed by atoms with van der Waals surface area (Å²) >= 11 is 0. The van der Waals surface area contributed by atoms with E-state index in [9.17, 15) is 0 Å². The molecule has 0 aliphatic heterocycles. The zero-order valence-electron chi connectivity index (χ0n) is 22.8. The van der Waals surface area contributed by atoms with Crippen molar-refractivity contribution in [1.82, 2.24) is 10.2 Å². The van der Waals surface area contributed by atoms with E-state index in [1.54, 1.807) is 0 Å². The first-order chi connectivity index (χ1) is 21.3. The second kappa shape index (κ2) is 9.29. The smallest absolute Gasteiger partial charge is 0.248 e. The molecule has 43 heavy (non-hydrogen) atoms. The van der Waals surface area contributed by atoms with Gasteiger partial charge in [-0.25, -0.2) is 0 Å². The number of hydrogen-bond acceptors (Lipinski definition) is 5. The molecule has 5 nitrogen and oxygen atoms in total. The van der Waals surface area contributed by atoms with Gasteiger partial charge in [0.1, 0.15) is 22.3 Å². The van der Waals surface area contributed by atoms with Crippen molar-refractivity contribution >= 4 is 43.9 Å². The second-order valence-electron chi connectivity index (χ2n) is 10.6. The van der Waals surface area contributed by atoms with Gasteiger partial charge in [-0.1, -0.05) is 97.1 Å². The molecular formula is C38H22N2O3. The highest BCUT2D eigenvalue weighted by Crippen LogP contribution is 2.38. The van der Waals surface area contributed by atoms with Crippen LogP contribution in [0.5, 0.6) is 0 Å². The summed E-state index contributed by atoms with van der Waals surface area (Å²) in [6.45, 7) is 0. The van der Waals surface area contributed by atoms with Gasteiger partial charge in [0.05, 0.1) is 0 Å². The van der Waals surface area contributed by atoms with Crippen LogP contribution in [-0.2, 0) is 0 Å². The minimum atomic E-state index is 0.472. The van der Waals surface area contributed by atoms with Crippen LogP contribution in [0.3, 0.4) is 0 Å². The first-order valence-corrected chi connectivity index (χ1v) is 14.2. The lowest BCUT2D eigenvalue weighted by Gasteiger charge is -2.04. The Bertz CT molecular complexity index is 2270. The molecule has 0 aliphatic carbocycles. The lowest BCUT2D eigenvalue weighted by atomic mass is 10.0. The van der Waals surface area contributed by atoms with Crippen LogP contribution >= 0.6 is 0 Å². The molecular weight excluding hydrogens is 532 g/mol. The molecule has 0 atom stereocenters. The number of rotatable bonds is 4. The summed E-state index contributed by atoms with van der Waals surface area (Å²) in [7, 11) is 0. The number of furan rings is 2. The van der Waals surface area contributed by atoms with E-state index in [4.69, 9.17) is 13.3 Å². The molecule has 0 unspecified atom stereocenters. The first-order valence-electron chi connectivity index (χ1n) is 14.2. The third kappa shape index (κ3) is 3.79. The van der Waals surface area contributed by atoms with E-state index in [1.165, 1.54) is 0 Å². The van der Waals surface area contributed by atoms with E-state index >= 15 is 0 Å². The Labute approximate surface area is 245 Å². The Balaban J connectivity index is 1.01. The summed E-state index contributed by atoms with van der Waals surface area (Å²) in [5.74, 6) is 0.944. The van der Waals surface area contributed by atoms with Gasteiger partial charge >= 0.3 is 0 Å². The molecule has 3 heterocycles. The van der Waals surface area contributed by atoms with Crippen LogP contribution in [0.1, 0.15) is 0 Å². The Morgan fingerprint density at radius 3 is 1.19 bits per heavy atom. The zero-order chi connectivity index (χ0) is 28.3. The number of benzene rings is 6. The van der Waals surface area contributed by atoms with Crippen molar-refractivity contribution in [3.05, 3.63) is 133 Å². The van der Waals surface area contributed by atoms with Crippen LogP contribution in [0.15, 0.2) is 147 Å². The molecule has 5 heteroatoms. The lowest BCUT2D eigenvalue weighted by molar-refractivity contribution is 0.584. The minimum Gasteiger partial charge on any atom is -0.455 e. The topological polar surface area (TPSA) is 65.2 Å². The van der Waals surface area contributed by atoms with Crippen molar-refractivity contribution < 1.29 is 13.3 Å². The van der Waals surface area contributed by atoms with E-state index in [0.29, 0.717) is 11.8 Å². The van der Waals surface area contributed by atoms with Crippen LogP contribution in [0.25, 0.3) is 89.0 Å². The predicted octanol–water partition coefficient (Wildman–Crippen LogP) is 10.5.